The fourth-order valence-corrected chi connectivity index (χ4v) is 4.39. The molecule has 0 bridgehead atoms. The minimum Gasteiger partial charge on any atom is -0.459 e. The van der Waals surface area contributed by atoms with Crippen molar-refractivity contribution in [2.24, 2.45) is 5.92 Å². The Balaban J connectivity index is 1.52. The zero-order chi connectivity index (χ0) is 26.4. The monoisotopic (exact) mass is 509 g/mol. The molecule has 194 valence electrons. The van der Waals surface area contributed by atoms with E-state index in [4.69, 9.17) is 9.47 Å². The Bertz CT molecular complexity index is 1320. The molecule has 1 amide bonds. The van der Waals surface area contributed by atoms with E-state index >= 15 is 0 Å². The number of aromatic nitrogens is 2. The predicted molar refractivity (Wildman–Crippen MR) is 130 cm³/mol. The number of hydrogen-bond donors (Lipinski definition) is 4. The number of rotatable bonds is 8. The molecule has 0 radical (unpaired) electrons. The first-order valence-electron chi connectivity index (χ1n) is 11.7. The van der Waals surface area contributed by atoms with E-state index in [1.807, 2.05) is 12.1 Å². The van der Waals surface area contributed by atoms with Crippen molar-refractivity contribution in [3.8, 4) is 0 Å². The number of hydrogen-bond acceptors (Lipinski definition) is 8. The average Bonchev–Trinajstić information content (AvgIpc) is 3.19. The van der Waals surface area contributed by atoms with Crippen LogP contribution in [-0.2, 0) is 27.5 Å². The van der Waals surface area contributed by atoms with Gasteiger partial charge in [0.15, 0.2) is 0 Å². The van der Waals surface area contributed by atoms with E-state index in [1.165, 1.54) is 6.20 Å². The third-order valence-corrected chi connectivity index (χ3v) is 6.30. The minimum absolute atomic E-state index is 0.0519. The fourth-order valence-electron chi connectivity index (χ4n) is 4.39. The van der Waals surface area contributed by atoms with Gasteiger partial charge in [-0.1, -0.05) is 60.7 Å². The van der Waals surface area contributed by atoms with Crippen LogP contribution in [0.25, 0.3) is 0 Å². The number of H-pyrrole nitrogens is 1. The summed E-state index contributed by atoms with van der Waals surface area (Å²) < 4.78 is 11.7. The number of aromatic amines is 1. The van der Waals surface area contributed by atoms with Crippen LogP contribution in [0, 0.1) is 5.92 Å². The van der Waals surface area contributed by atoms with Crippen molar-refractivity contribution in [3.63, 3.8) is 0 Å². The van der Waals surface area contributed by atoms with E-state index in [0.29, 0.717) is 5.56 Å². The number of benzene rings is 2. The predicted octanol–water partition coefficient (Wildman–Crippen LogP) is 0.858. The molecule has 1 aromatic heterocycles. The van der Waals surface area contributed by atoms with Crippen LogP contribution in [0.1, 0.15) is 23.6 Å². The third-order valence-electron chi connectivity index (χ3n) is 6.30. The molecule has 11 heteroatoms. The van der Waals surface area contributed by atoms with Gasteiger partial charge in [0, 0.05) is 18.2 Å². The van der Waals surface area contributed by atoms with Gasteiger partial charge in [-0.3, -0.25) is 14.3 Å². The van der Waals surface area contributed by atoms with Crippen molar-refractivity contribution in [1.29, 1.82) is 0 Å². The van der Waals surface area contributed by atoms with E-state index in [9.17, 15) is 29.4 Å². The highest BCUT2D eigenvalue weighted by Crippen LogP contribution is 2.37. The number of esters is 1. The molecule has 11 nitrogen and oxygen atoms in total. The first-order chi connectivity index (χ1) is 17.8. The molecule has 1 aliphatic carbocycles. The molecule has 0 saturated heterocycles. The Morgan fingerprint density at radius 2 is 1.51 bits per heavy atom. The van der Waals surface area contributed by atoms with Crippen LogP contribution in [-0.4, -0.2) is 50.1 Å². The highest BCUT2D eigenvalue weighted by atomic mass is 16.6. The zero-order valence-electron chi connectivity index (χ0n) is 19.7. The van der Waals surface area contributed by atoms with Crippen LogP contribution in [0.2, 0.25) is 0 Å². The molecule has 1 aliphatic rings. The molecule has 3 aromatic rings. The summed E-state index contributed by atoms with van der Waals surface area (Å²) in [5.41, 5.74) is 0.0551. The number of ether oxygens (including phenoxy) is 2. The maximum Gasteiger partial charge on any atom is 0.408 e. The van der Waals surface area contributed by atoms with E-state index in [2.05, 4.69) is 10.3 Å². The molecular formula is C26H27N3O8. The number of carbonyl (C=O) groups is 2. The van der Waals surface area contributed by atoms with Gasteiger partial charge in [-0.15, -0.1) is 0 Å². The lowest BCUT2D eigenvalue weighted by molar-refractivity contribution is -0.150. The molecule has 0 spiro atoms. The lowest BCUT2D eigenvalue weighted by Gasteiger charge is -2.25. The second-order valence-corrected chi connectivity index (χ2v) is 8.74. The average molecular weight is 510 g/mol. The largest absolute Gasteiger partial charge is 0.459 e. The van der Waals surface area contributed by atoms with Gasteiger partial charge in [0.05, 0.1) is 12.1 Å². The summed E-state index contributed by atoms with van der Waals surface area (Å²) in [5.74, 6) is -1.86. The van der Waals surface area contributed by atoms with Crippen molar-refractivity contribution >= 4 is 12.1 Å². The maximum absolute atomic E-state index is 13.1. The molecular weight excluding hydrogens is 482 g/mol. The molecule has 1 heterocycles. The molecule has 2 aromatic carbocycles. The van der Waals surface area contributed by atoms with Gasteiger partial charge in [-0.2, -0.15) is 0 Å². The number of aliphatic hydroxyl groups excluding tert-OH is 2. The topological polar surface area (TPSA) is 160 Å². The minimum atomic E-state index is -1.49. The molecule has 4 N–H and O–H groups in total. The smallest absolute Gasteiger partial charge is 0.408 e. The summed E-state index contributed by atoms with van der Waals surface area (Å²) in [6, 6.07) is 16.6. The molecule has 0 aliphatic heterocycles. The van der Waals surface area contributed by atoms with E-state index < -0.39 is 53.5 Å². The van der Waals surface area contributed by atoms with Crippen LogP contribution < -0.4 is 16.6 Å². The zero-order valence-corrected chi connectivity index (χ0v) is 19.7. The normalized spacial score (nSPS) is 21.7. The van der Waals surface area contributed by atoms with Crippen molar-refractivity contribution in [2.75, 3.05) is 0 Å². The van der Waals surface area contributed by atoms with Crippen molar-refractivity contribution in [3.05, 3.63) is 105 Å². The Kier molecular flexibility index (Phi) is 8.16. The van der Waals surface area contributed by atoms with Gasteiger partial charge < -0.3 is 25.0 Å². The second-order valence-electron chi connectivity index (χ2n) is 8.74. The Morgan fingerprint density at radius 1 is 0.919 bits per heavy atom. The fraction of sp³-hybridized carbons (Fsp3) is 0.308. The van der Waals surface area contributed by atoms with Gasteiger partial charge in [-0.25, -0.2) is 14.4 Å². The van der Waals surface area contributed by atoms with Gasteiger partial charge in [0.2, 0.25) is 0 Å². The summed E-state index contributed by atoms with van der Waals surface area (Å²) in [6.45, 7) is -0.130. The van der Waals surface area contributed by atoms with Gasteiger partial charge >= 0.3 is 17.8 Å². The summed E-state index contributed by atoms with van der Waals surface area (Å²) in [5, 5.41) is 24.0. The van der Waals surface area contributed by atoms with E-state index in [-0.39, 0.29) is 19.6 Å². The molecule has 4 rings (SSSR count). The van der Waals surface area contributed by atoms with E-state index in [0.717, 1.165) is 16.2 Å². The van der Waals surface area contributed by atoms with Gasteiger partial charge in [0.1, 0.15) is 25.4 Å². The quantitative estimate of drug-likeness (QED) is 0.325. The summed E-state index contributed by atoms with van der Waals surface area (Å²) in [7, 11) is 0. The molecule has 1 saturated carbocycles. The first-order valence-corrected chi connectivity index (χ1v) is 11.7. The Hall–Kier alpha value is -4.22. The van der Waals surface area contributed by atoms with Crippen LogP contribution in [0.3, 0.4) is 0 Å². The highest BCUT2D eigenvalue weighted by molar-refractivity contribution is 5.82. The number of nitrogens with zero attached hydrogens (tertiary/aromatic N) is 1. The number of nitrogens with one attached hydrogen (secondary N) is 2. The van der Waals surface area contributed by atoms with Crippen molar-refractivity contribution in [1.82, 2.24) is 14.9 Å². The third kappa shape index (κ3) is 6.32. The van der Waals surface area contributed by atoms with Gasteiger partial charge in [-0.05, 0) is 17.5 Å². The molecule has 37 heavy (non-hydrogen) atoms. The lowest BCUT2D eigenvalue weighted by Crippen LogP contribution is -2.50. The van der Waals surface area contributed by atoms with Gasteiger partial charge in [0.25, 0.3) is 5.56 Å². The first kappa shape index (κ1) is 25.9. The molecule has 5 atom stereocenters. The Labute approximate surface area is 211 Å². The number of amides is 1. The Morgan fingerprint density at radius 3 is 2.11 bits per heavy atom. The van der Waals surface area contributed by atoms with Crippen LogP contribution in [0.5, 0.6) is 0 Å². The van der Waals surface area contributed by atoms with Crippen LogP contribution in [0.4, 0.5) is 4.79 Å². The number of alkyl carbamates (subject to hydrolysis) is 1. The second kappa shape index (κ2) is 11.7. The standard InChI is InChI=1S/C26H27N3O8/c30-20-11-12-29(25(34)27-20)19-13-18(22(31)23(19)32)21(24(33)36-14-16-7-3-1-4-8-16)28-26(35)37-15-17-9-5-2-6-10-17/h1-12,18-19,21-23,31-32H,13-15H2,(H,28,35)(H,27,30,34)/t18-,19-,21+,22-,23+/m1/s1. The summed E-state index contributed by atoms with van der Waals surface area (Å²) in [6.07, 6.45) is -2.74. The lowest BCUT2D eigenvalue weighted by atomic mass is 9.95. The molecule has 1 fully saturated rings. The van der Waals surface area contributed by atoms with E-state index in [1.54, 1.807) is 48.5 Å². The van der Waals surface area contributed by atoms with Crippen molar-refractivity contribution < 1.29 is 29.3 Å². The number of carbonyl (C=O) groups excluding carboxylic acids is 2. The van der Waals surface area contributed by atoms with Crippen LogP contribution in [0.15, 0.2) is 82.5 Å². The maximum atomic E-state index is 13.1. The highest BCUT2D eigenvalue weighted by Gasteiger charge is 2.49. The van der Waals surface area contributed by atoms with Crippen molar-refractivity contribution in [2.45, 2.75) is 43.9 Å². The summed E-state index contributed by atoms with van der Waals surface area (Å²) in [4.78, 5) is 51.5. The summed E-state index contributed by atoms with van der Waals surface area (Å²) >= 11 is 0. The molecule has 0 unspecified atom stereocenters. The van der Waals surface area contributed by atoms with Crippen LogP contribution >= 0.6 is 0 Å². The SMILES string of the molecule is O=C(N[C@H](C(=O)OCc1ccccc1)[C@H]1C[C@@H](n2ccc(=O)[nH]c2=O)[C@H](O)[C@@H]1O)OCc1ccccc1. The number of aliphatic hydroxyl groups is 2.